The zero-order chi connectivity index (χ0) is 18.9. The summed E-state index contributed by atoms with van der Waals surface area (Å²) in [5, 5.41) is 9.76. The van der Waals surface area contributed by atoms with E-state index in [0.29, 0.717) is 11.6 Å². The third-order valence-electron chi connectivity index (χ3n) is 5.11. The number of anilines is 2. The molecule has 1 aromatic carbocycles. The van der Waals surface area contributed by atoms with Crippen molar-refractivity contribution in [1.29, 1.82) is 0 Å². The van der Waals surface area contributed by atoms with Crippen LogP contribution >= 0.6 is 0 Å². The molecule has 0 radical (unpaired) electrons. The second kappa shape index (κ2) is 7.25. The summed E-state index contributed by atoms with van der Waals surface area (Å²) in [5.41, 5.74) is 3.58. The number of H-pyrrole nitrogens is 2. The van der Waals surface area contributed by atoms with Crippen molar-refractivity contribution < 1.29 is 9.53 Å². The number of aromatic amines is 2. The molecule has 146 valence electrons. The van der Waals surface area contributed by atoms with Gasteiger partial charge in [-0.3, -0.25) is 10.00 Å². The third kappa shape index (κ3) is 3.58. The highest BCUT2D eigenvalue weighted by molar-refractivity contribution is 5.99. The van der Waals surface area contributed by atoms with Crippen molar-refractivity contribution in [3.63, 3.8) is 0 Å². The molecule has 5 rings (SSSR count). The van der Waals surface area contributed by atoms with E-state index in [4.69, 9.17) is 9.72 Å². The number of benzene rings is 1. The zero-order valence-electron chi connectivity index (χ0n) is 15.5. The monoisotopic (exact) mass is 381 g/mol. The first-order chi connectivity index (χ1) is 13.8. The van der Waals surface area contributed by atoms with E-state index in [1.807, 2.05) is 6.07 Å². The Kier molecular flexibility index (Phi) is 4.46. The molecule has 1 saturated carbocycles. The minimum absolute atomic E-state index is 0.198. The predicted molar refractivity (Wildman–Crippen MR) is 104 cm³/mol. The maximum absolute atomic E-state index is 12.8. The Hall–Kier alpha value is -2.91. The first-order valence-corrected chi connectivity index (χ1v) is 9.64. The van der Waals surface area contributed by atoms with Crippen LogP contribution in [0.5, 0.6) is 0 Å². The summed E-state index contributed by atoms with van der Waals surface area (Å²) in [6, 6.07) is 6.26. The number of hydrogen-bond donors (Lipinski definition) is 3. The second-order valence-electron chi connectivity index (χ2n) is 7.32. The summed E-state index contributed by atoms with van der Waals surface area (Å²) in [4.78, 5) is 24.7. The van der Waals surface area contributed by atoms with Crippen LogP contribution in [-0.2, 0) is 11.3 Å². The van der Waals surface area contributed by atoms with Gasteiger partial charge in [0.2, 0.25) is 5.95 Å². The Balaban J connectivity index is 1.42. The fourth-order valence-electron chi connectivity index (χ4n) is 3.43. The molecule has 0 spiro atoms. The second-order valence-corrected chi connectivity index (χ2v) is 7.32. The van der Waals surface area contributed by atoms with E-state index in [1.165, 1.54) is 10.5 Å². The van der Waals surface area contributed by atoms with Crippen molar-refractivity contribution in [2.45, 2.75) is 25.4 Å². The van der Waals surface area contributed by atoms with Crippen LogP contribution < -0.4 is 10.2 Å². The van der Waals surface area contributed by atoms with Crippen LogP contribution in [0.4, 0.5) is 16.4 Å². The van der Waals surface area contributed by atoms with Gasteiger partial charge in [0.05, 0.1) is 36.1 Å². The van der Waals surface area contributed by atoms with Crippen LogP contribution in [-0.4, -0.2) is 63.4 Å². The van der Waals surface area contributed by atoms with E-state index in [2.05, 4.69) is 37.5 Å². The highest BCUT2D eigenvalue weighted by atomic mass is 16.5. The topological polar surface area (TPSA) is 102 Å². The molecule has 0 atom stereocenters. The Bertz CT molecular complexity index is 958. The molecule has 3 heterocycles. The molecule has 0 unspecified atom stereocenters. The van der Waals surface area contributed by atoms with E-state index in [-0.39, 0.29) is 12.1 Å². The van der Waals surface area contributed by atoms with Gasteiger partial charge in [-0.05, 0) is 30.5 Å². The number of nitrogens with zero attached hydrogens (tertiary/aromatic N) is 4. The van der Waals surface area contributed by atoms with E-state index in [1.54, 1.807) is 12.4 Å². The van der Waals surface area contributed by atoms with Gasteiger partial charge >= 0.3 is 6.03 Å². The summed E-state index contributed by atoms with van der Waals surface area (Å²) in [6.45, 7) is 4.32. The number of amides is 2. The average molecular weight is 381 g/mol. The van der Waals surface area contributed by atoms with Crippen LogP contribution in [0.2, 0.25) is 0 Å². The van der Waals surface area contributed by atoms with Crippen molar-refractivity contribution in [2.24, 2.45) is 0 Å². The molecule has 9 heteroatoms. The number of fused-ring (bicyclic) bond motifs is 1. The van der Waals surface area contributed by atoms with Gasteiger partial charge in [0.15, 0.2) is 0 Å². The number of ether oxygens (including phenoxy) is 1. The minimum atomic E-state index is -0.198. The normalized spacial score (nSPS) is 17.7. The van der Waals surface area contributed by atoms with Crippen molar-refractivity contribution in [3.05, 3.63) is 36.2 Å². The molecular formula is C19H23N7O2. The molecule has 2 fully saturated rings. The van der Waals surface area contributed by atoms with Gasteiger partial charge in [0, 0.05) is 31.9 Å². The summed E-state index contributed by atoms with van der Waals surface area (Å²) >= 11 is 0. The number of carbonyl (C=O) groups is 1. The van der Waals surface area contributed by atoms with Crippen LogP contribution in [0.25, 0.3) is 11.0 Å². The van der Waals surface area contributed by atoms with Gasteiger partial charge in [-0.2, -0.15) is 5.10 Å². The van der Waals surface area contributed by atoms with Gasteiger partial charge in [0.1, 0.15) is 0 Å². The van der Waals surface area contributed by atoms with Crippen molar-refractivity contribution in [2.75, 3.05) is 31.2 Å². The highest BCUT2D eigenvalue weighted by Gasteiger charge is 2.29. The molecule has 1 saturated heterocycles. The summed E-state index contributed by atoms with van der Waals surface area (Å²) in [7, 11) is 0. The fourth-order valence-corrected chi connectivity index (χ4v) is 3.43. The number of nitrogens with one attached hydrogen (secondary N) is 3. The maximum Gasteiger partial charge on any atom is 0.329 e. The molecule has 1 aliphatic carbocycles. The molecule has 3 aromatic rings. The van der Waals surface area contributed by atoms with Crippen LogP contribution in [0, 0.1) is 0 Å². The molecule has 2 aliphatic rings. The van der Waals surface area contributed by atoms with Crippen molar-refractivity contribution in [3.8, 4) is 0 Å². The number of imidazole rings is 1. The minimum Gasteiger partial charge on any atom is -0.379 e. The van der Waals surface area contributed by atoms with E-state index < -0.39 is 0 Å². The SMILES string of the molecule is O=C(NC1CC1)N(c1cn[nH]c1)c1nc2cc(CN3CCOCC3)ccc2[nH]1. The van der Waals surface area contributed by atoms with Gasteiger partial charge in [-0.1, -0.05) is 6.07 Å². The summed E-state index contributed by atoms with van der Waals surface area (Å²) < 4.78 is 5.42. The molecule has 0 bridgehead atoms. The van der Waals surface area contributed by atoms with Gasteiger partial charge in [-0.15, -0.1) is 0 Å². The number of aromatic nitrogens is 4. The van der Waals surface area contributed by atoms with E-state index >= 15 is 0 Å². The van der Waals surface area contributed by atoms with E-state index in [9.17, 15) is 4.79 Å². The maximum atomic E-state index is 12.8. The lowest BCUT2D eigenvalue weighted by atomic mass is 10.2. The Morgan fingerprint density at radius 3 is 2.93 bits per heavy atom. The molecular weight excluding hydrogens is 358 g/mol. The zero-order valence-corrected chi connectivity index (χ0v) is 15.5. The lowest BCUT2D eigenvalue weighted by Crippen LogP contribution is -2.38. The lowest BCUT2D eigenvalue weighted by molar-refractivity contribution is 0.0342. The Morgan fingerprint density at radius 1 is 1.32 bits per heavy atom. The van der Waals surface area contributed by atoms with Crippen LogP contribution in [0.3, 0.4) is 0 Å². The summed E-state index contributed by atoms with van der Waals surface area (Å²) in [5.74, 6) is 0.484. The number of rotatable bonds is 5. The first-order valence-electron chi connectivity index (χ1n) is 9.64. The predicted octanol–water partition coefficient (Wildman–Crippen LogP) is 2.13. The highest BCUT2D eigenvalue weighted by Crippen LogP contribution is 2.27. The molecule has 2 aromatic heterocycles. The molecule has 2 amide bonds. The number of carbonyl (C=O) groups excluding carboxylic acids is 1. The first kappa shape index (κ1) is 17.2. The van der Waals surface area contributed by atoms with Gasteiger partial charge in [-0.25, -0.2) is 14.7 Å². The summed E-state index contributed by atoms with van der Waals surface area (Å²) in [6.07, 6.45) is 5.35. The largest absolute Gasteiger partial charge is 0.379 e. The number of urea groups is 1. The van der Waals surface area contributed by atoms with Gasteiger partial charge in [0.25, 0.3) is 0 Å². The van der Waals surface area contributed by atoms with Gasteiger partial charge < -0.3 is 15.0 Å². The Morgan fingerprint density at radius 2 is 2.18 bits per heavy atom. The smallest absolute Gasteiger partial charge is 0.329 e. The Labute approximate surface area is 162 Å². The quantitative estimate of drug-likeness (QED) is 0.628. The number of hydrogen-bond acceptors (Lipinski definition) is 5. The van der Waals surface area contributed by atoms with E-state index in [0.717, 1.165) is 56.7 Å². The van der Waals surface area contributed by atoms with Crippen LogP contribution in [0.15, 0.2) is 30.6 Å². The molecule has 9 nitrogen and oxygen atoms in total. The lowest BCUT2D eigenvalue weighted by Gasteiger charge is -2.26. The molecule has 1 aliphatic heterocycles. The number of morpholine rings is 1. The fraction of sp³-hybridized carbons (Fsp3) is 0.421. The molecule has 3 N–H and O–H groups in total. The standard InChI is InChI=1S/C19H23N7O2/c27-19(22-14-2-3-14)26(15-10-20-21-11-15)18-23-16-4-1-13(9-17(16)24-18)12-25-5-7-28-8-6-25/h1,4,9-11,14H,2-3,5-8,12H2,(H,20,21)(H,22,27)(H,23,24). The van der Waals surface area contributed by atoms with Crippen molar-refractivity contribution >= 4 is 28.7 Å². The molecule has 28 heavy (non-hydrogen) atoms. The van der Waals surface area contributed by atoms with Crippen molar-refractivity contribution in [1.82, 2.24) is 30.4 Å². The third-order valence-corrected chi connectivity index (χ3v) is 5.11. The van der Waals surface area contributed by atoms with Crippen LogP contribution in [0.1, 0.15) is 18.4 Å². The average Bonchev–Trinajstić information content (AvgIpc) is 3.18.